The van der Waals surface area contributed by atoms with E-state index in [1.807, 2.05) is 6.26 Å². The molecule has 0 spiro atoms. The van der Waals surface area contributed by atoms with Gasteiger partial charge in [0.15, 0.2) is 0 Å². The summed E-state index contributed by atoms with van der Waals surface area (Å²) < 4.78 is 0. The van der Waals surface area contributed by atoms with Crippen LogP contribution in [-0.4, -0.2) is 120 Å². The largest absolute Gasteiger partial charge is 0.394 e. The zero-order chi connectivity index (χ0) is 27.3. The second kappa shape index (κ2) is 15.9. The number of aliphatic hydroxyl groups is 2. The summed E-state index contributed by atoms with van der Waals surface area (Å²) in [5, 5.41) is 28.0. The number of nitrogens with zero attached hydrogens (tertiary/aromatic N) is 1. The molecule has 0 saturated carbocycles. The van der Waals surface area contributed by atoms with E-state index in [2.05, 4.69) is 21.3 Å². The maximum Gasteiger partial charge on any atom is 0.248 e. The van der Waals surface area contributed by atoms with E-state index >= 15 is 0 Å². The van der Waals surface area contributed by atoms with Crippen LogP contribution < -0.4 is 32.7 Å². The molecule has 16 heteroatoms. The van der Waals surface area contributed by atoms with Gasteiger partial charge in [-0.25, -0.2) is 0 Å². The fourth-order valence-corrected chi connectivity index (χ4v) is 3.93. The smallest absolute Gasteiger partial charge is 0.248 e. The second-order valence-electron chi connectivity index (χ2n) is 7.96. The lowest BCUT2D eigenvalue weighted by molar-refractivity contribution is -0.142. The van der Waals surface area contributed by atoms with Gasteiger partial charge in [-0.15, -0.1) is 0 Å². The summed E-state index contributed by atoms with van der Waals surface area (Å²) in [6.45, 7) is -2.06. The van der Waals surface area contributed by atoms with Gasteiger partial charge in [-0.3, -0.25) is 28.8 Å². The minimum absolute atomic E-state index is 0.222. The van der Waals surface area contributed by atoms with Gasteiger partial charge in [0.05, 0.1) is 26.3 Å². The molecule has 0 radical (unpaired) electrons. The van der Waals surface area contributed by atoms with Gasteiger partial charge in [0.25, 0.3) is 0 Å². The van der Waals surface area contributed by atoms with Crippen molar-refractivity contribution < 1.29 is 39.0 Å². The van der Waals surface area contributed by atoms with E-state index in [-0.39, 0.29) is 19.5 Å². The lowest BCUT2D eigenvalue weighted by Gasteiger charge is -2.29. The van der Waals surface area contributed by atoms with E-state index in [0.717, 1.165) is 0 Å². The average Bonchev–Trinajstić information content (AvgIpc) is 3.36. The minimum Gasteiger partial charge on any atom is -0.394 e. The molecule has 1 rings (SSSR count). The van der Waals surface area contributed by atoms with Crippen molar-refractivity contribution in [2.45, 2.75) is 43.4 Å². The number of nitrogens with one attached hydrogen (secondary N) is 4. The van der Waals surface area contributed by atoms with Gasteiger partial charge in [0, 0.05) is 6.54 Å². The summed E-state index contributed by atoms with van der Waals surface area (Å²) in [7, 11) is 0. The zero-order valence-corrected chi connectivity index (χ0v) is 20.8. The van der Waals surface area contributed by atoms with E-state index in [4.69, 9.17) is 16.6 Å². The molecule has 1 heterocycles. The number of likely N-dealkylation sites (tertiary alicyclic amines) is 1. The number of hydrogen-bond donors (Lipinski definition) is 8. The van der Waals surface area contributed by atoms with Gasteiger partial charge in [-0.1, -0.05) is 0 Å². The molecule has 0 aromatic rings. The molecular formula is C20H35N7O8S. The van der Waals surface area contributed by atoms with E-state index in [1.165, 1.54) is 16.7 Å². The molecule has 1 aliphatic heterocycles. The predicted molar refractivity (Wildman–Crippen MR) is 129 cm³/mol. The summed E-state index contributed by atoms with van der Waals surface area (Å²) in [6, 6.07) is -4.50. The third-order valence-electron chi connectivity index (χ3n) is 5.37. The quantitative estimate of drug-likeness (QED) is 0.0993. The van der Waals surface area contributed by atoms with Gasteiger partial charge >= 0.3 is 0 Å². The first kappa shape index (κ1) is 31.1. The predicted octanol–water partition coefficient (Wildman–Crippen LogP) is -5.27. The third-order valence-corrected chi connectivity index (χ3v) is 6.01. The summed E-state index contributed by atoms with van der Waals surface area (Å²) >= 11 is 1.43. The number of aliphatic hydroxyl groups excluding tert-OH is 2. The Morgan fingerprint density at radius 3 is 2.19 bits per heavy atom. The third kappa shape index (κ3) is 9.60. The maximum atomic E-state index is 13.0. The number of thioether (sulfide) groups is 1. The highest BCUT2D eigenvalue weighted by atomic mass is 32.2. The number of hydrogen-bond acceptors (Lipinski definition) is 10. The van der Waals surface area contributed by atoms with Crippen molar-refractivity contribution in [2.75, 3.05) is 44.9 Å². The summed E-state index contributed by atoms with van der Waals surface area (Å²) in [6.07, 6.45) is 2.86. The van der Waals surface area contributed by atoms with Crippen molar-refractivity contribution in [3.05, 3.63) is 0 Å². The highest BCUT2D eigenvalue weighted by Crippen LogP contribution is 2.19. The van der Waals surface area contributed by atoms with Crippen molar-refractivity contribution in [3.63, 3.8) is 0 Å². The Bertz CT molecular complexity index is 815. The average molecular weight is 534 g/mol. The molecular weight excluding hydrogens is 498 g/mol. The second-order valence-corrected chi connectivity index (χ2v) is 8.95. The molecule has 4 atom stereocenters. The van der Waals surface area contributed by atoms with Crippen LogP contribution >= 0.6 is 11.8 Å². The SMILES string of the molecule is CSCCC(NC(=O)C1CCCN1C(=O)[C@H](CO)NC(=O)CN)C(=O)NCC(=O)NC(CO)C(N)=O. The molecule has 0 aliphatic carbocycles. The molecule has 36 heavy (non-hydrogen) atoms. The molecule has 0 aromatic carbocycles. The molecule has 0 bridgehead atoms. The Morgan fingerprint density at radius 1 is 1.00 bits per heavy atom. The van der Waals surface area contributed by atoms with Crippen molar-refractivity contribution in [1.82, 2.24) is 26.2 Å². The van der Waals surface area contributed by atoms with Gasteiger partial charge in [-0.2, -0.15) is 11.8 Å². The summed E-state index contributed by atoms with van der Waals surface area (Å²) in [5.74, 6) is -3.74. The molecule has 10 N–H and O–H groups in total. The monoisotopic (exact) mass is 533 g/mol. The lowest BCUT2D eigenvalue weighted by Crippen LogP contribution is -2.58. The first-order valence-electron chi connectivity index (χ1n) is 11.3. The van der Waals surface area contributed by atoms with Crippen LogP contribution in [0.2, 0.25) is 0 Å². The summed E-state index contributed by atoms with van der Waals surface area (Å²) in [4.78, 5) is 74.4. The number of carbonyl (C=O) groups is 6. The maximum absolute atomic E-state index is 13.0. The van der Waals surface area contributed by atoms with Crippen molar-refractivity contribution in [2.24, 2.45) is 11.5 Å². The highest BCUT2D eigenvalue weighted by Gasteiger charge is 2.38. The van der Waals surface area contributed by atoms with Crippen LogP contribution in [-0.2, 0) is 28.8 Å². The molecule has 3 unspecified atom stereocenters. The van der Waals surface area contributed by atoms with Gasteiger partial charge in [-0.05, 0) is 31.3 Å². The van der Waals surface area contributed by atoms with Gasteiger partial charge in [0.1, 0.15) is 24.2 Å². The molecule has 15 nitrogen and oxygen atoms in total. The van der Waals surface area contributed by atoms with Crippen LogP contribution in [0.4, 0.5) is 0 Å². The molecule has 1 saturated heterocycles. The van der Waals surface area contributed by atoms with Crippen LogP contribution in [0, 0.1) is 0 Å². The van der Waals surface area contributed by atoms with Crippen LogP contribution in [0.25, 0.3) is 0 Å². The van der Waals surface area contributed by atoms with E-state index in [9.17, 15) is 33.9 Å². The van der Waals surface area contributed by atoms with Crippen molar-refractivity contribution in [1.29, 1.82) is 0 Å². The van der Waals surface area contributed by atoms with Crippen LogP contribution in [0.1, 0.15) is 19.3 Å². The number of rotatable bonds is 15. The number of primary amides is 1. The number of amides is 6. The van der Waals surface area contributed by atoms with E-state index < -0.39 is 79.4 Å². The lowest BCUT2D eigenvalue weighted by atomic mass is 10.1. The first-order valence-corrected chi connectivity index (χ1v) is 12.7. The zero-order valence-electron chi connectivity index (χ0n) is 20.0. The van der Waals surface area contributed by atoms with Crippen molar-refractivity contribution >= 4 is 47.2 Å². The molecule has 6 amide bonds. The fourth-order valence-electron chi connectivity index (χ4n) is 3.46. The minimum atomic E-state index is -1.30. The Morgan fingerprint density at radius 2 is 1.64 bits per heavy atom. The molecule has 0 aromatic heterocycles. The topological polar surface area (TPSA) is 246 Å². The normalized spacial score (nSPS) is 17.4. The molecule has 1 fully saturated rings. The van der Waals surface area contributed by atoms with Crippen LogP contribution in [0.3, 0.4) is 0 Å². The number of carbonyl (C=O) groups excluding carboxylic acids is 6. The van der Waals surface area contributed by atoms with Crippen molar-refractivity contribution in [3.8, 4) is 0 Å². The molecule has 1 aliphatic rings. The number of nitrogens with two attached hydrogens (primary N) is 2. The first-order chi connectivity index (χ1) is 17.1. The van der Waals surface area contributed by atoms with Gasteiger partial charge < -0.3 is 47.8 Å². The van der Waals surface area contributed by atoms with Crippen LogP contribution in [0.15, 0.2) is 0 Å². The van der Waals surface area contributed by atoms with E-state index in [0.29, 0.717) is 18.6 Å². The molecule has 204 valence electrons. The Hall–Kier alpha value is -2.95. The Kier molecular flexibility index (Phi) is 13.7. The van der Waals surface area contributed by atoms with Gasteiger partial charge in [0.2, 0.25) is 35.4 Å². The standard InChI is InChI=1S/C20H35N7O8S/c1-36-6-4-11(18(33)23-8-16(31)24-12(9-28)17(22)32)26-19(34)14-3-2-5-27(14)20(35)13(10-29)25-15(30)7-21/h11-14,28-29H,2-10,21H2,1H3,(H2,22,32)(H,23,33)(H,24,31)(H,25,30)(H,26,34)/t11?,12?,13-,14?/m0/s1. The fraction of sp³-hybridized carbons (Fsp3) is 0.700. The summed E-state index contributed by atoms with van der Waals surface area (Å²) in [5.41, 5.74) is 10.3. The van der Waals surface area contributed by atoms with Crippen LogP contribution in [0.5, 0.6) is 0 Å². The Balaban J connectivity index is 2.82. The Labute approximate surface area is 212 Å². The van der Waals surface area contributed by atoms with E-state index in [1.54, 1.807) is 0 Å². The highest BCUT2D eigenvalue weighted by molar-refractivity contribution is 7.98.